The average Bonchev–Trinajstić information content (AvgIpc) is 3.08. The van der Waals surface area contributed by atoms with Gasteiger partial charge in [0.05, 0.1) is 30.1 Å². The summed E-state index contributed by atoms with van der Waals surface area (Å²) in [6, 6.07) is 6.15. The minimum absolute atomic E-state index is 0.0365. The Morgan fingerprint density at radius 2 is 1.87 bits per heavy atom. The zero-order chi connectivity index (χ0) is 32.4. The van der Waals surface area contributed by atoms with E-state index in [0.717, 1.165) is 91.9 Å². The molecule has 5 rings (SSSR count). The third-order valence-corrected chi connectivity index (χ3v) is 11.0. The second-order valence-corrected chi connectivity index (χ2v) is 14.2. The highest BCUT2D eigenvalue weighted by atomic mass is 32.2. The number of unbranched alkanes of at least 4 members (excludes halogenated alkanes) is 2. The number of aliphatic hydroxyl groups excluding tert-OH is 2. The molecule has 7 atom stereocenters. The van der Waals surface area contributed by atoms with Crippen molar-refractivity contribution in [2.45, 2.75) is 94.4 Å². The molecule has 1 saturated heterocycles. The summed E-state index contributed by atoms with van der Waals surface area (Å²) in [5.74, 6) is 1.98. The number of benzene rings is 1. The SMILES string of the molecule is C=CCOc1ccc2c(c1)C1C(CCCCO)C(CCCCO)C=C3C(=NOC4CCCCO4)CC(SCC)C(OCC=C)(O2)C31. The Balaban J connectivity index is 1.68. The number of fused-ring (bicyclic) bond motifs is 2. The van der Waals surface area contributed by atoms with Gasteiger partial charge >= 0.3 is 0 Å². The first-order chi connectivity index (χ1) is 22.6. The molecule has 0 aromatic heterocycles. The van der Waals surface area contributed by atoms with Crippen molar-refractivity contribution in [2.75, 3.05) is 38.8 Å². The molecule has 2 heterocycles. The largest absolute Gasteiger partial charge is 0.490 e. The van der Waals surface area contributed by atoms with Crippen LogP contribution in [0.4, 0.5) is 0 Å². The van der Waals surface area contributed by atoms with E-state index in [9.17, 15) is 10.2 Å². The van der Waals surface area contributed by atoms with Crippen LogP contribution in [0, 0.1) is 17.8 Å². The molecular formula is C37H53NO7S. The lowest BCUT2D eigenvalue weighted by atomic mass is 9.56. The first-order valence-corrected chi connectivity index (χ1v) is 18.4. The Labute approximate surface area is 279 Å². The molecule has 2 fully saturated rings. The number of aliphatic hydroxyl groups is 2. The summed E-state index contributed by atoms with van der Waals surface area (Å²) < 4.78 is 26.0. The molecule has 1 saturated carbocycles. The first kappa shape index (κ1) is 35.0. The number of oxime groups is 1. The van der Waals surface area contributed by atoms with Gasteiger partial charge in [-0.25, -0.2) is 0 Å². The summed E-state index contributed by atoms with van der Waals surface area (Å²) in [6.07, 6.45) is 14.5. The number of hydrogen-bond donors (Lipinski definition) is 2. The van der Waals surface area contributed by atoms with Crippen LogP contribution in [0.15, 0.2) is 60.3 Å². The van der Waals surface area contributed by atoms with Crippen LogP contribution in [0.25, 0.3) is 0 Å². The molecule has 2 aliphatic carbocycles. The van der Waals surface area contributed by atoms with Crippen LogP contribution in [0.5, 0.6) is 11.5 Å². The van der Waals surface area contributed by atoms with E-state index < -0.39 is 5.79 Å². The van der Waals surface area contributed by atoms with Crippen LogP contribution in [0.3, 0.4) is 0 Å². The number of nitrogens with zero attached hydrogens (tertiary/aromatic N) is 1. The van der Waals surface area contributed by atoms with Gasteiger partial charge in [-0.2, -0.15) is 11.8 Å². The van der Waals surface area contributed by atoms with E-state index in [4.69, 9.17) is 28.9 Å². The summed E-state index contributed by atoms with van der Waals surface area (Å²) in [6.45, 7) is 11.8. The Hall–Kier alpha value is -2.30. The summed E-state index contributed by atoms with van der Waals surface area (Å²) in [5, 5.41) is 24.3. The fourth-order valence-electron chi connectivity index (χ4n) is 7.84. The van der Waals surface area contributed by atoms with E-state index in [1.807, 2.05) is 23.9 Å². The van der Waals surface area contributed by atoms with Gasteiger partial charge in [0.25, 0.3) is 0 Å². The molecule has 0 amide bonds. The molecule has 0 radical (unpaired) electrons. The second-order valence-electron chi connectivity index (χ2n) is 12.7. The zero-order valence-electron chi connectivity index (χ0n) is 27.4. The minimum Gasteiger partial charge on any atom is -0.490 e. The van der Waals surface area contributed by atoms with Crippen LogP contribution in [0.1, 0.15) is 82.6 Å². The van der Waals surface area contributed by atoms with E-state index >= 15 is 0 Å². The highest BCUT2D eigenvalue weighted by Crippen LogP contribution is 2.62. The van der Waals surface area contributed by atoms with Crippen molar-refractivity contribution in [2.24, 2.45) is 22.9 Å². The fraction of sp³-hybridized carbons (Fsp3) is 0.649. The van der Waals surface area contributed by atoms with Crippen molar-refractivity contribution in [1.82, 2.24) is 0 Å². The standard InChI is InChI=1S/C37H53NO7S/c1-4-20-41-27-16-17-32-30(24-27)35-28(14-8-11-19-40)26(13-7-10-18-39)23-29-31(38-45-34-15-9-12-22-42-34)25-33(46-6-3)37(44-32,36(29)35)43-21-5-2/h4-5,16-17,23-24,26,28,33-36,39-40H,1-2,6-15,18-22,25H2,3H3. The molecule has 7 unspecified atom stereocenters. The predicted molar refractivity (Wildman–Crippen MR) is 183 cm³/mol. The molecule has 46 heavy (non-hydrogen) atoms. The normalized spacial score (nSPS) is 30.8. The molecule has 9 heteroatoms. The Morgan fingerprint density at radius 3 is 2.59 bits per heavy atom. The minimum atomic E-state index is -0.937. The lowest BCUT2D eigenvalue weighted by Crippen LogP contribution is -2.64. The van der Waals surface area contributed by atoms with Gasteiger partial charge in [-0.05, 0) is 79.9 Å². The topological polar surface area (TPSA) is 99.0 Å². The van der Waals surface area contributed by atoms with Gasteiger partial charge < -0.3 is 34.0 Å². The van der Waals surface area contributed by atoms with Crippen molar-refractivity contribution < 1.29 is 34.0 Å². The fourth-order valence-corrected chi connectivity index (χ4v) is 9.01. The number of thioether (sulfide) groups is 1. The average molecular weight is 656 g/mol. The molecular weight excluding hydrogens is 602 g/mol. The van der Waals surface area contributed by atoms with Gasteiger partial charge in [0.1, 0.15) is 18.1 Å². The van der Waals surface area contributed by atoms with E-state index in [0.29, 0.717) is 26.2 Å². The number of allylic oxidation sites excluding steroid dienone is 1. The van der Waals surface area contributed by atoms with Crippen LogP contribution < -0.4 is 9.47 Å². The summed E-state index contributed by atoms with van der Waals surface area (Å²) in [7, 11) is 0. The van der Waals surface area contributed by atoms with Gasteiger partial charge in [0.15, 0.2) is 0 Å². The lowest BCUT2D eigenvalue weighted by Gasteiger charge is -2.58. The van der Waals surface area contributed by atoms with Crippen LogP contribution in [0.2, 0.25) is 0 Å². The molecule has 0 spiro atoms. The van der Waals surface area contributed by atoms with Gasteiger partial charge in [-0.1, -0.05) is 49.7 Å². The summed E-state index contributed by atoms with van der Waals surface area (Å²) >= 11 is 1.84. The number of rotatable bonds is 18. The first-order valence-electron chi connectivity index (χ1n) is 17.3. The highest BCUT2D eigenvalue weighted by molar-refractivity contribution is 8.00. The van der Waals surface area contributed by atoms with Gasteiger partial charge in [0, 0.05) is 37.5 Å². The van der Waals surface area contributed by atoms with E-state index in [1.165, 1.54) is 0 Å². The number of hydrogen-bond acceptors (Lipinski definition) is 9. The van der Waals surface area contributed by atoms with Crippen LogP contribution >= 0.6 is 11.8 Å². The molecule has 2 N–H and O–H groups in total. The molecule has 1 aromatic rings. The highest BCUT2D eigenvalue weighted by Gasteiger charge is 2.63. The molecule has 4 aliphatic rings. The summed E-state index contributed by atoms with van der Waals surface area (Å²) in [5.41, 5.74) is 3.20. The van der Waals surface area contributed by atoms with E-state index in [2.05, 4.69) is 32.2 Å². The van der Waals surface area contributed by atoms with Crippen molar-refractivity contribution in [3.05, 3.63) is 60.7 Å². The van der Waals surface area contributed by atoms with Crippen LogP contribution in [-0.4, -0.2) is 72.0 Å². The van der Waals surface area contributed by atoms with Gasteiger partial charge in [-0.15, -0.1) is 6.58 Å². The van der Waals surface area contributed by atoms with Crippen LogP contribution in [-0.2, 0) is 14.3 Å². The van der Waals surface area contributed by atoms with Crippen molar-refractivity contribution in [1.29, 1.82) is 0 Å². The third-order valence-electron chi connectivity index (χ3n) is 9.78. The monoisotopic (exact) mass is 655 g/mol. The Kier molecular flexibility index (Phi) is 13.1. The zero-order valence-corrected chi connectivity index (χ0v) is 28.3. The summed E-state index contributed by atoms with van der Waals surface area (Å²) in [4.78, 5) is 6.13. The number of ether oxygens (including phenoxy) is 4. The maximum Gasteiger partial charge on any atom is 0.230 e. The maximum absolute atomic E-state index is 9.75. The van der Waals surface area contributed by atoms with Gasteiger partial charge in [0.2, 0.25) is 12.1 Å². The van der Waals surface area contributed by atoms with Crippen molar-refractivity contribution in [3.8, 4) is 11.5 Å². The molecule has 254 valence electrons. The third kappa shape index (κ3) is 7.70. The van der Waals surface area contributed by atoms with Crippen molar-refractivity contribution in [3.63, 3.8) is 0 Å². The quantitative estimate of drug-likeness (QED) is 0.0977. The lowest BCUT2D eigenvalue weighted by molar-refractivity contribution is -0.223. The predicted octanol–water partition coefficient (Wildman–Crippen LogP) is 7.16. The molecule has 0 bridgehead atoms. The Bertz CT molecular complexity index is 1210. The van der Waals surface area contributed by atoms with Crippen molar-refractivity contribution >= 4 is 17.5 Å². The Morgan fingerprint density at radius 1 is 1.07 bits per heavy atom. The molecule has 8 nitrogen and oxygen atoms in total. The van der Waals surface area contributed by atoms with E-state index in [-0.39, 0.29) is 48.4 Å². The smallest absolute Gasteiger partial charge is 0.230 e. The molecule has 1 aromatic carbocycles. The second kappa shape index (κ2) is 17.2. The molecule has 2 aliphatic heterocycles. The van der Waals surface area contributed by atoms with E-state index in [1.54, 1.807) is 12.2 Å². The van der Waals surface area contributed by atoms with Gasteiger partial charge in [-0.3, -0.25) is 0 Å². The maximum atomic E-state index is 9.75.